The number of nitrogens with one attached hydrogen (secondary N) is 1. The van der Waals surface area contributed by atoms with E-state index in [9.17, 15) is 0 Å². The van der Waals surface area contributed by atoms with Crippen LogP contribution in [0, 0.1) is 6.92 Å². The topological polar surface area (TPSA) is 29.9 Å². The van der Waals surface area contributed by atoms with Gasteiger partial charge in [0.2, 0.25) is 0 Å². The van der Waals surface area contributed by atoms with Crippen molar-refractivity contribution in [3.63, 3.8) is 0 Å². The van der Waals surface area contributed by atoms with Crippen LogP contribution >= 0.6 is 11.6 Å². The number of benzene rings is 1. The zero-order valence-electron chi connectivity index (χ0n) is 8.55. The Balaban J connectivity index is 2.37. The lowest BCUT2D eigenvalue weighted by molar-refractivity contribution is 0.514. The summed E-state index contributed by atoms with van der Waals surface area (Å²) in [7, 11) is 0. The quantitative estimate of drug-likeness (QED) is 0.739. The van der Waals surface area contributed by atoms with Crippen molar-refractivity contribution in [3.8, 4) is 0 Å². The highest BCUT2D eigenvalue weighted by Gasteiger charge is 2.16. The number of hydrogen-bond acceptors (Lipinski definition) is 2. The van der Waals surface area contributed by atoms with E-state index in [1.54, 1.807) is 0 Å². The van der Waals surface area contributed by atoms with Crippen molar-refractivity contribution in [3.05, 3.63) is 28.5 Å². The van der Waals surface area contributed by atoms with Gasteiger partial charge in [-0.15, -0.1) is 0 Å². The summed E-state index contributed by atoms with van der Waals surface area (Å²) in [6.07, 6.45) is 0. The Kier molecular flexibility index (Phi) is 1.97. The molecule has 0 amide bonds. The van der Waals surface area contributed by atoms with Crippen LogP contribution in [0.2, 0.25) is 5.02 Å². The molecule has 1 aliphatic heterocycles. The molecule has 1 aromatic carbocycles. The summed E-state index contributed by atoms with van der Waals surface area (Å²) < 4.78 is 2.22. The van der Waals surface area contributed by atoms with Gasteiger partial charge in [-0.1, -0.05) is 11.6 Å². The third kappa shape index (κ3) is 1.34. The minimum absolute atomic E-state index is 0.811. The van der Waals surface area contributed by atoms with Gasteiger partial charge in [0.05, 0.1) is 22.6 Å². The second kappa shape index (κ2) is 3.22. The number of aromatic nitrogens is 2. The average molecular weight is 222 g/mol. The van der Waals surface area contributed by atoms with Crippen LogP contribution in [0.4, 0.5) is 0 Å². The molecule has 3 rings (SSSR count). The second-order valence-corrected chi connectivity index (χ2v) is 4.38. The van der Waals surface area contributed by atoms with Crippen LogP contribution in [0.25, 0.3) is 11.0 Å². The molecule has 0 unspecified atom stereocenters. The van der Waals surface area contributed by atoms with Crippen molar-refractivity contribution in [1.82, 2.24) is 14.9 Å². The first kappa shape index (κ1) is 9.19. The van der Waals surface area contributed by atoms with Gasteiger partial charge in [0.1, 0.15) is 5.82 Å². The number of nitrogens with zero attached hydrogens (tertiary/aromatic N) is 2. The summed E-state index contributed by atoms with van der Waals surface area (Å²) in [4.78, 5) is 4.59. The van der Waals surface area contributed by atoms with E-state index in [0.29, 0.717) is 0 Å². The van der Waals surface area contributed by atoms with Crippen molar-refractivity contribution < 1.29 is 0 Å². The Morgan fingerprint density at radius 1 is 1.47 bits per heavy atom. The molecule has 0 spiro atoms. The van der Waals surface area contributed by atoms with E-state index in [2.05, 4.69) is 20.9 Å². The molecule has 2 heterocycles. The summed E-state index contributed by atoms with van der Waals surface area (Å²) in [6, 6.07) is 4.09. The van der Waals surface area contributed by atoms with Crippen molar-refractivity contribution in [2.75, 3.05) is 6.54 Å². The number of rotatable bonds is 0. The smallest absolute Gasteiger partial charge is 0.123 e. The number of fused-ring (bicyclic) bond motifs is 3. The van der Waals surface area contributed by atoms with E-state index < -0.39 is 0 Å². The first-order valence-electron chi connectivity index (χ1n) is 5.11. The molecule has 78 valence electrons. The highest BCUT2D eigenvalue weighted by Crippen LogP contribution is 2.27. The molecule has 1 N–H and O–H groups in total. The van der Waals surface area contributed by atoms with E-state index in [0.717, 1.165) is 47.1 Å². The molecule has 1 aromatic heterocycles. The van der Waals surface area contributed by atoms with Crippen LogP contribution < -0.4 is 5.32 Å². The summed E-state index contributed by atoms with van der Waals surface area (Å²) in [6.45, 7) is 4.82. The van der Waals surface area contributed by atoms with Crippen molar-refractivity contribution in [2.45, 2.75) is 20.0 Å². The second-order valence-electron chi connectivity index (χ2n) is 3.97. The highest BCUT2D eigenvalue weighted by atomic mass is 35.5. The summed E-state index contributed by atoms with van der Waals surface area (Å²) in [5, 5.41) is 4.12. The number of hydrogen-bond donors (Lipinski definition) is 1. The van der Waals surface area contributed by atoms with Gasteiger partial charge >= 0.3 is 0 Å². The fourth-order valence-corrected chi connectivity index (χ4v) is 2.53. The molecule has 0 aliphatic carbocycles. The van der Waals surface area contributed by atoms with Gasteiger partial charge in [-0.05, 0) is 24.6 Å². The predicted molar refractivity (Wildman–Crippen MR) is 61.2 cm³/mol. The average Bonchev–Trinajstić information content (AvgIpc) is 2.54. The van der Waals surface area contributed by atoms with Crippen molar-refractivity contribution >= 4 is 22.6 Å². The van der Waals surface area contributed by atoms with Gasteiger partial charge in [-0.25, -0.2) is 4.98 Å². The Bertz CT molecular complexity index is 530. The molecule has 4 heteroatoms. The van der Waals surface area contributed by atoms with E-state index in [1.807, 2.05) is 13.0 Å². The van der Waals surface area contributed by atoms with Gasteiger partial charge in [-0.3, -0.25) is 0 Å². The van der Waals surface area contributed by atoms with Crippen molar-refractivity contribution in [1.29, 1.82) is 0 Å². The Morgan fingerprint density at radius 3 is 3.20 bits per heavy atom. The van der Waals surface area contributed by atoms with E-state index >= 15 is 0 Å². The van der Waals surface area contributed by atoms with Gasteiger partial charge in [0.15, 0.2) is 0 Å². The predicted octanol–water partition coefficient (Wildman–Crippen LogP) is 2.10. The maximum atomic E-state index is 6.26. The van der Waals surface area contributed by atoms with Crippen LogP contribution in [0.15, 0.2) is 12.1 Å². The monoisotopic (exact) mass is 221 g/mol. The molecule has 0 saturated heterocycles. The zero-order chi connectivity index (χ0) is 10.4. The molecule has 0 radical (unpaired) electrons. The molecule has 3 nitrogen and oxygen atoms in total. The SMILES string of the molecule is Cc1cc(Cl)c2c(c1)nc1n2CCNC1. The molecule has 15 heavy (non-hydrogen) atoms. The normalized spacial score (nSPS) is 15.6. The Labute approximate surface area is 93.1 Å². The summed E-state index contributed by atoms with van der Waals surface area (Å²) in [5.41, 5.74) is 3.26. The summed E-state index contributed by atoms with van der Waals surface area (Å²) >= 11 is 6.26. The zero-order valence-corrected chi connectivity index (χ0v) is 9.30. The van der Waals surface area contributed by atoms with Crippen molar-refractivity contribution in [2.24, 2.45) is 0 Å². The first-order valence-corrected chi connectivity index (χ1v) is 5.49. The van der Waals surface area contributed by atoms with Crippen LogP contribution in [0.3, 0.4) is 0 Å². The maximum absolute atomic E-state index is 6.26. The van der Waals surface area contributed by atoms with Crippen LogP contribution in [-0.2, 0) is 13.1 Å². The molecule has 0 fully saturated rings. The van der Waals surface area contributed by atoms with Gasteiger partial charge in [0, 0.05) is 13.1 Å². The van der Waals surface area contributed by atoms with Crippen LogP contribution in [-0.4, -0.2) is 16.1 Å². The highest BCUT2D eigenvalue weighted by molar-refractivity contribution is 6.35. The lowest BCUT2D eigenvalue weighted by atomic mass is 10.2. The third-order valence-corrected chi connectivity index (χ3v) is 3.10. The number of aryl methyl sites for hydroxylation is 1. The fourth-order valence-electron chi connectivity index (χ4n) is 2.16. The Hall–Kier alpha value is -1.06. The van der Waals surface area contributed by atoms with Gasteiger partial charge < -0.3 is 9.88 Å². The largest absolute Gasteiger partial charge is 0.324 e. The number of imidazole rings is 1. The molecule has 0 saturated carbocycles. The molecule has 2 aromatic rings. The van der Waals surface area contributed by atoms with E-state index in [-0.39, 0.29) is 0 Å². The lowest BCUT2D eigenvalue weighted by Gasteiger charge is -2.15. The summed E-state index contributed by atoms with van der Waals surface area (Å²) in [5.74, 6) is 1.09. The van der Waals surface area contributed by atoms with E-state index in [1.165, 1.54) is 0 Å². The minimum atomic E-state index is 0.811. The van der Waals surface area contributed by atoms with Crippen LogP contribution in [0.5, 0.6) is 0 Å². The minimum Gasteiger partial charge on any atom is -0.324 e. The van der Waals surface area contributed by atoms with Gasteiger partial charge in [0.25, 0.3) is 0 Å². The molecule has 1 aliphatic rings. The van der Waals surface area contributed by atoms with Gasteiger partial charge in [-0.2, -0.15) is 0 Å². The molecule has 0 bridgehead atoms. The fraction of sp³-hybridized carbons (Fsp3) is 0.364. The maximum Gasteiger partial charge on any atom is 0.123 e. The number of halogens is 1. The lowest BCUT2D eigenvalue weighted by Crippen LogP contribution is -2.28. The molecule has 0 atom stereocenters. The first-order chi connectivity index (χ1) is 7.25. The van der Waals surface area contributed by atoms with Crippen LogP contribution in [0.1, 0.15) is 11.4 Å². The molecular formula is C11H12ClN3. The standard InChI is InChI=1S/C11H12ClN3/c1-7-4-8(12)11-9(5-7)14-10-6-13-2-3-15(10)11/h4-5,13H,2-3,6H2,1H3. The Morgan fingerprint density at radius 2 is 2.33 bits per heavy atom. The van der Waals surface area contributed by atoms with E-state index in [4.69, 9.17) is 11.6 Å². The third-order valence-electron chi connectivity index (χ3n) is 2.81. The molecular weight excluding hydrogens is 210 g/mol.